The molecule has 0 spiro atoms. The molecule has 0 fully saturated rings. The molecule has 2 heteroatoms. The molecule has 1 aromatic carbocycles. The normalized spacial score (nSPS) is 8.85. The molecule has 0 atom stereocenters. The van der Waals surface area contributed by atoms with E-state index >= 15 is 0 Å². The number of halogens is 1. The molecule has 13 heavy (non-hydrogen) atoms. The number of hydrogen-bond donors (Lipinski definition) is 0. The fraction of sp³-hybridized carbons (Fsp3) is 0.273. The van der Waals surface area contributed by atoms with Gasteiger partial charge in [0.2, 0.25) is 0 Å². The summed E-state index contributed by atoms with van der Waals surface area (Å²) in [4.78, 5) is 0. The molecular formula is C11H11FO. The van der Waals surface area contributed by atoms with Crippen molar-refractivity contribution in [3.8, 4) is 17.6 Å². The minimum absolute atomic E-state index is 0.248. The molecule has 0 saturated carbocycles. The highest BCUT2D eigenvalue weighted by Crippen LogP contribution is 2.15. The minimum atomic E-state index is -0.248. The van der Waals surface area contributed by atoms with Crippen LogP contribution in [0.3, 0.4) is 0 Å². The van der Waals surface area contributed by atoms with Crippen molar-refractivity contribution >= 4 is 0 Å². The Bertz CT molecular complexity index is 347. The first-order valence-electron chi connectivity index (χ1n) is 4.02. The molecule has 0 unspecified atom stereocenters. The predicted octanol–water partition coefficient (Wildman–Crippen LogP) is 2.54. The van der Waals surface area contributed by atoms with E-state index < -0.39 is 0 Å². The van der Waals surface area contributed by atoms with E-state index in [1.54, 1.807) is 26.0 Å². The van der Waals surface area contributed by atoms with Crippen LogP contribution in [0.2, 0.25) is 0 Å². The predicted molar refractivity (Wildman–Crippen MR) is 50.1 cm³/mol. The molecule has 0 N–H and O–H groups in total. The van der Waals surface area contributed by atoms with Crippen molar-refractivity contribution in [3.63, 3.8) is 0 Å². The molecule has 0 aliphatic heterocycles. The number of hydrogen-bond acceptors (Lipinski definition) is 1. The van der Waals surface area contributed by atoms with E-state index in [1.807, 2.05) is 0 Å². The van der Waals surface area contributed by atoms with Crippen molar-refractivity contribution in [1.29, 1.82) is 0 Å². The lowest BCUT2D eigenvalue weighted by atomic mass is 10.2. The summed E-state index contributed by atoms with van der Waals surface area (Å²) in [7, 11) is 0. The van der Waals surface area contributed by atoms with Gasteiger partial charge in [0.05, 0.1) is 0 Å². The summed E-state index contributed by atoms with van der Waals surface area (Å²) in [6, 6.07) is 4.78. The Labute approximate surface area is 77.5 Å². The van der Waals surface area contributed by atoms with Crippen molar-refractivity contribution < 1.29 is 9.13 Å². The zero-order chi connectivity index (χ0) is 9.68. The van der Waals surface area contributed by atoms with E-state index in [-0.39, 0.29) is 5.82 Å². The Morgan fingerprint density at radius 1 is 1.46 bits per heavy atom. The number of benzene rings is 1. The number of rotatable bonds is 2. The molecule has 0 aliphatic carbocycles. The average molecular weight is 178 g/mol. The van der Waals surface area contributed by atoms with Crippen molar-refractivity contribution in [3.05, 3.63) is 29.6 Å². The van der Waals surface area contributed by atoms with Gasteiger partial charge in [0.1, 0.15) is 18.2 Å². The van der Waals surface area contributed by atoms with Crippen LogP contribution in [-0.2, 0) is 0 Å². The standard InChI is InChI=1S/C11H11FO/c1-3-4-7-13-10-6-5-9(2)11(12)8-10/h5-6,8H,7H2,1-2H3. The molecule has 0 aromatic heterocycles. The summed E-state index contributed by atoms with van der Waals surface area (Å²) in [5.41, 5.74) is 0.619. The third kappa shape index (κ3) is 2.79. The SMILES string of the molecule is CC#CCOc1ccc(C)c(F)c1. The maximum absolute atomic E-state index is 13.0. The number of ether oxygens (including phenoxy) is 1. The van der Waals surface area contributed by atoms with Gasteiger partial charge in [0.15, 0.2) is 0 Å². The number of aryl methyl sites for hydroxylation is 1. The first kappa shape index (κ1) is 9.60. The van der Waals surface area contributed by atoms with Gasteiger partial charge in [-0.1, -0.05) is 12.0 Å². The Morgan fingerprint density at radius 2 is 2.23 bits per heavy atom. The van der Waals surface area contributed by atoms with Crippen LogP contribution >= 0.6 is 0 Å². The van der Waals surface area contributed by atoms with E-state index in [0.717, 1.165) is 0 Å². The van der Waals surface area contributed by atoms with Crippen LogP contribution < -0.4 is 4.74 Å². The maximum atomic E-state index is 13.0. The van der Waals surface area contributed by atoms with E-state index in [1.165, 1.54) is 6.07 Å². The zero-order valence-electron chi connectivity index (χ0n) is 7.73. The molecule has 0 aliphatic rings. The molecule has 0 radical (unpaired) electrons. The Hall–Kier alpha value is -1.49. The topological polar surface area (TPSA) is 9.23 Å². The quantitative estimate of drug-likeness (QED) is 0.632. The smallest absolute Gasteiger partial charge is 0.149 e. The average Bonchev–Trinajstić information content (AvgIpc) is 2.12. The van der Waals surface area contributed by atoms with Crippen LogP contribution in [0.15, 0.2) is 18.2 Å². The van der Waals surface area contributed by atoms with Crippen LogP contribution in [0.4, 0.5) is 4.39 Å². The van der Waals surface area contributed by atoms with Gasteiger partial charge in [-0.2, -0.15) is 0 Å². The monoisotopic (exact) mass is 178 g/mol. The van der Waals surface area contributed by atoms with Gasteiger partial charge in [-0.3, -0.25) is 0 Å². The van der Waals surface area contributed by atoms with E-state index in [9.17, 15) is 4.39 Å². The Kier molecular flexibility index (Phi) is 3.33. The zero-order valence-corrected chi connectivity index (χ0v) is 7.73. The lowest BCUT2D eigenvalue weighted by molar-refractivity contribution is 0.367. The van der Waals surface area contributed by atoms with Crippen molar-refractivity contribution in [2.75, 3.05) is 6.61 Å². The van der Waals surface area contributed by atoms with Crippen LogP contribution in [0, 0.1) is 24.6 Å². The summed E-state index contributed by atoms with van der Waals surface area (Å²) in [5.74, 6) is 5.70. The van der Waals surface area contributed by atoms with Crippen molar-refractivity contribution in [1.82, 2.24) is 0 Å². The van der Waals surface area contributed by atoms with Gasteiger partial charge in [0.25, 0.3) is 0 Å². The summed E-state index contributed by atoms with van der Waals surface area (Å²) in [6.45, 7) is 3.75. The van der Waals surface area contributed by atoms with Gasteiger partial charge in [-0.25, -0.2) is 4.39 Å². The fourth-order valence-corrected chi connectivity index (χ4v) is 0.855. The van der Waals surface area contributed by atoms with E-state index in [0.29, 0.717) is 17.9 Å². The largest absolute Gasteiger partial charge is 0.481 e. The molecule has 1 nitrogen and oxygen atoms in total. The summed E-state index contributed by atoms with van der Waals surface area (Å²) in [5, 5.41) is 0. The van der Waals surface area contributed by atoms with E-state index in [2.05, 4.69) is 11.8 Å². The molecule has 68 valence electrons. The molecule has 0 saturated heterocycles. The Morgan fingerprint density at radius 3 is 2.85 bits per heavy atom. The second-order valence-electron chi connectivity index (χ2n) is 2.63. The van der Waals surface area contributed by atoms with Gasteiger partial charge >= 0.3 is 0 Å². The van der Waals surface area contributed by atoms with E-state index in [4.69, 9.17) is 4.74 Å². The van der Waals surface area contributed by atoms with Crippen LogP contribution in [-0.4, -0.2) is 6.61 Å². The first-order chi connectivity index (χ1) is 6.24. The third-order valence-electron chi connectivity index (χ3n) is 1.63. The molecule has 1 aromatic rings. The highest BCUT2D eigenvalue weighted by molar-refractivity contribution is 5.28. The summed E-state index contributed by atoms with van der Waals surface area (Å²) < 4.78 is 18.1. The maximum Gasteiger partial charge on any atom is 0.149 e. The molecule has 0 heterocycles. The summed E-state index contributed by atoms with van der Waals surface area (Å²) >= 11 is 0. The lowest BCUT2D eigenvalue weighted by Crippen LogP contribution is -1.94. The highest BCUT2D eigenvalue weighted by atomic mass is 19.1. The molecule has 1 rings (SSSR count). The Balaban J connectivity index is 2.66. The summed E-state index contributed by atoms with van der Waals surface area (Å²) in [6.07, 6.45) is 0. The third-order valence-corrected chi connectivity index (χ3v) is 1.63. The van der Waals surface area contributed by atoms with Gasteiger partial charge in [0, 0.05) is 6.07 Å². The van der Waals surface area contributed by atoms with Gasteiger partial charge in [-0.15, -0.1) is 5.92 Å². The van der Waals surface area contributed by atoms with Gasteiger partial charge in [-0.05, 0) is 25.5 Å². The molecular weight excluding hydrogens is 167 g/mol. The van der Waals surface area contributed by atoms with Crippen molar-refractivity contribution in [2.24, 2.45) is 0 Å². The molecule has 0 amide bonds. The second kappa shape index (κ2) is 4.51. The van der Waals surface area contributed by atoms with Crippen molar-refractivity contribution in [2.45, 2.75) is 13.8 Å². The van der Waals surface area contributed by atoms with Crippen LogP contribution in [0.5, 0.6) is 5.75 Å². The first-order valence-corrected chi connectivity index (χ1v) is 4.02. The molecule has 0 bridgehead atoms. The van der Waals surface area contributed by atoms with Gasteiger partial charge < -0.3 is 4.74 Å². The fourth-order valence-electron chi connectivity index (χ4n) is 0.855. The lowest BCUT2D eigenvalue weighted by Gasteiger charge is -2.02. The minimum Gasteiger partial charge on any atom is -0.481 e. The van der Waals surface area contributed by atoms with Crippen LogP contribution in [0.1, 0.15) is 12.5 Å². The van der Waals surface area contributed by atoms with Crippen LogP contribution in [0.25, 0.3) is 0 Å². The highest BCUT2D eigenvalue weighted by Gasteiger charge is 1.98. The second-order valence-corrected chi connectivity index (χ2v) is 2.63.